The van der Waals surface area contributed by atoms with E-state index in [0.717, 1.165) is 32.3 Å². The minimum Gasteiger partial charge on any atom is -0.380 e. The molecule has 0 amide bonds. The minimum absolute atomic E-state index is 0.410. The van der Waals surface area contributed by atoms with E-state index < -0.39 is 0 Å². The molecule has 0 saturated carbocycles. The van der Waals surface area contributed by atoms with Crippen LogP contribution in [0.25, 0.3) is 22.5 Å². The molecule has 21 heavy (non-hydrogen) atoms. The van der Waals surface area contributed by atoms with E-state index in [1.165, 1.54) is 0 Å². The summed E-state index contributed by atoms with van der Waals surface area (Å²) in [4.78, 5) is 0. The lowest BCUT2D eigenvalue weighted by Crippen LogP contribution is -1.91. The zero-order valence-corrected chi connectivity index (χ0v) is 13.4. The summed E-state index contributed by atoms with van der Waals surface area (Å²) in [6.07, 6.45) is 0. The van der Waals surface area contributed by atoms with Crippen molar-refractivity contribution in [2.75, 3.05) is 5.73 Å². The highest BCUT2D eigenvalue weighted by atomic mass is 79.9. The molecule has 0 spiro atoms. The number of nitrogens with zero attached hydrogens (tertiary/aromatic N) is 1. The normalized spacial score (nSPS) is 10.8. The monoisotopic (exact) mass is 342 g/mol. The smallest absolute Gasteiger partial charge is 0.178 e. The number of benzene rings is 2. The lowest BCUT2D eigenvalue weighted by atomic mass is 9.97. The average molecular weight is 343 g/mol. The van der Waals surface area contributed by atoms with Crippen LogP contribution in [0.1, 0.15) is 11.1 Å². The largest absolute Gasteiger partial charge is 0.380 e. The van der Waals surface area contributed by atoms with Crippen molar-refractivity contribution in [3.63, 3.8) is 0 Å². The Morgan fingerprint density at radius 1 is 0.952 bits per heavy atom. The molecule has 0 fully saturated rings. The summed E-state index contributed by atoms with van der Waals surface area (Å²) in [5, 5.41) is 3.96. The van der Waals surface area contributed by atoms with Gasteiger partial charge in [-0.3, -0.25) is 0 Å². The third-order valence-electron chi connectivity index (χ3n) is 3.57. The van der Waals surface area contributed by atoms with Gasteiger partial charge < -0.3 is 10.3 Å². The number of aromatic nitrogens is 1. The molecule has 3 aromatic rings. The van der Waals surface area contributed by atoms with Crippen LogP contribution in [0.2, 0.25) is 0 Å². The Balaban J connectivity index is 2.28. The summed E-state index contributed by atoms with van der Waals surface area (Å²) < 4.78 is 6.52. The highest BCUT2D eigenvalue weighted by Crippen LogP contribution is 2.41. The first-order chi connectivity index (χ1) is 10.1. The third-order valence-corrected chi connectivity index (χ3v) is 4.62. The molecule has 0 atom stereocenters. The van der Waals surface area contributed by atoms with Crippen LogP contribution >= 0.6 is 15.9 Å². The fraction of sp³-hybridized carbons (Fsp3) is 0.118. The summed E-state index contributed by atoms with van der Waals surface area (Å²) in [5.74, 6) is 1.10. The maximum atomic E-state index is 6.05. The first kappa shape index (κ1) is 13.9. The third kappa shape index (κ3) is 2.36. The van der Waals surface area contributed by atoms with Crippen molar-refractivity contribution in [1.29, 1.82) is 0 Å². The van der Waals surface area contributed by atoms with Crippen LogP contribution in [0.5, 0.6) is 0 Å². The molecule has 0 aliphatic carbocycles. The Hall–Kier alpha value is -2.07. The molecule has 0 saturated heterocycles. The summed E-state index contributed by atoms with van der Waals surface area (Å²) in [7, 11) is 0. The number of hydrogen-bond donors (Lipinski definition) is 1. The van der Waals surface area contributed by atoms with Crippen LogP contribution in [0.3, 0.4) is 0 Å². The predicted octanol–water partition coefficient (Wildman–Crippen LogP) is 4.97. The van der Waals surface area contributed by atoms with Crippen molar-refractivity contribution in [3.8, 4) is 22.5 Å². The van der Waals surface area contributed by atoms with Gasteiger partial charge in [-0.1, -0.05) is 41.6 Å². The molecule has 0 aliphatic heterocycles. The van der Waals surface area contributed by atoms with Gasteiger partial charge in [0.1, 0.15) is 0 Å². The lowest BCUT2D eigenvalue weighted by molar-refractivity contribution is 0.436. The second kappa shape index (κ2) is 5.37. The van der Waals surface area contributed by atoms with Gasteiger partial charge >= 0.3 is 0 Å². The van der Waals surface area contributed by atoms with Crippen LogP contribution in [-0.2, 0) is 0 Å². The topological polar surface area (TPSA) is 52.0 Å². The van der Waals surface area contributed by atoms with Gasteiger partial charge in [-0.25, -0.2) is 0 Å². The zero-order valence-electron chi connectivity index (χ0n) is 11.9. The van der Waals surface area contributed by atoms with E-state index in [1.54, 1.807) is 0 Å². The standard InChI is InChI=1S/C17H15BrN2O/c1-10-6-3-4-8-12(10)14-16(21-20-17(14)19)13-9-5-7-11(2)15(13)18/h3-9H,1-2H3,(H2,19,20). The SMILES string of the molecule is Cc1ccccc1-c1c(N)noc1-c1cccc(C)c1Br. The average Bonchev–Trinajstić information content (AvgIpc) is 2.84. The molecule has 0 radical (unpaired) electrons. The van der Waals surface area contributed by atoms with Gasteiger partial charge in [0, 0.05) is 10.0 Å². The zero-order chi connectivity index (χ0) is 15.0. The van der Waals surface area contributed by atoms with Crippen molar-refractivity contribution in [2.24, 2.45) is 0 Å². The molecule has 1 heterocycles. The quantitative estimate of drug-likeness (QED) is 0.715. The molecule has 2 aromatic carbocycles. The second-order valence-electron chi connectivity index (χ2n) is 5.02. The van der Waals surface area contributed by atoms with Crippen molar-refractivity contribution < 1.29 is 4.52 Å². The van der Waals surface area contributed by atoms with E-state index in [9.17, 15) is 0 Å². The van der Waals surface area contributed by atoms with Gasteiger partial charge in [-0.15, -0.1) is 0 Å². The van der Waals surface area contributed by atoms with Crippen LogP contribution in [-0.4, -0.2) is 5.16 Å². The van der Waals surface area contributed by atoms with Crippen molar-refractivity contribution in [2.45, 2.75) is 13.8 Å². The Morgan fingerprint density at radius 3 is 2.38 bits per heavy atom. The molecule has 0 bridgehead atoms. The number of nitrogen functional groups attached to an aromatic ring is 1. The summed E-state index contributed by atoms with van der Waals surface area (Å²) in [6.45, 7) is 4.09. The summed E-state index contributed by atoms with van der Waals surface area (Å²) in [6, 6.07) is 14.1. The second-order valence-corrected chi connectivity index (χ2v) is 5.82. The first-order valence-corrected chi connectivity index (χ1v) is 7.45. The fourth-order valence-corrected chi connectivity index (χ4v) is 2.87. The van der Waals surface area contributed by atoms with Crippen LogP contribution < -0.4 is 5.73 Å². The highest BCUT2D eigenvalue weighted by molar-refractivity contribution is 9.10. The van der Waals surface area contributed by atoms with Gasteiger partial charge in [-0.05, 0) is 52.5 Å². The van der Waals surface area contributed by atoms with Gasteiger partial charge in [0.05, 0.1) is 5.56 Å². The van der Waals surface area contributed by atoms with Crippen molar-refractivity contribution in [1.82, 2.24) is 5.16 Å². The number of hydrogen-bond acceptors (Lipinski definition) is 3. The summed E-state index contributed by atoms with van der Waals surface area (Å²) in [5.41, 5.74) is 11.2. The number of rotatable bonds is 2. The molecular weight excluding hydrogens is 328 g/mol. The number of aryl methyl sites for hydroxylation is 2. The Kier molecular flexibility index (Phi) is 3.55. The van der Waals surface area contributed by atoms with Crippen LogP contribution in [0.4, 0.5) is 5.82 Å². The number of halogens is 1. The Morgan fingerprint density at radius 2 is 1.62 bits per heavy atom. The van der Waals surface area contributed by atoms with Crippen molar-refractivity contribution in [3.05, 3.63) is 58.1 Å². The summed E-state index contributed by atoms with van der Waals surface area (Å²) >= 11 is 3.62. The molecule has 0 aliphatic rings. The van der Waals surface area contributed by atoms with Crippen LogP contribution in [0, 0.1) is 13.8 Å². The van der Waals surface area contributed by atoms with Crippen LogP contribution in [0.15, 0.2) is 51.5 Å². The van der Waals surface area contributed by atoms with Gasteiger partial charge in [-0.2, -0.15) is 0 Å². The fourth-order valence-electron chi connectivity index (χ4n) is 2.42. The number of anilines is 1. The van der Waals surface area contributed by atoms with Crippen molar-refractivity contribution >= 4 is 21.7 Å². The molecule has 3 rings (SSSR count). The minimum atomic E-state index is 0.410. The first-order valence-electron chi connectivity index (χ1n) is 6.66. The Bertz CT molecular complexity index is 808. The van der Waals surface area contributed by atoms with E-state index in [1.807, 2.05) is 43.3 Å². The van der Waals surface area contributed by atoms with E-state index >= 15 is 0 Å². The molecule has 4 heteroatoms. The molecule has 106 valence electrons. The predicted molar refractivity (Wildman–Crippen MR) is 89.0 cm³/mol. The van der Waals surface area contributed by atoms with E-state index in [-0.39, 0.29) is 0 Å². The van der Waals surface area contributed by atoms with Gasteiger partial charge in [0.15, 0.2) is 11.6 Å². The molecule has 1 aromatic heterocycles. The molecular formula is C17H15BrN2O. The molecule has 2 N–H and O–H groups in total. The van der Waals surface area contributed by atoms with Gasteiger partial charge in [0.25, 0.3) is 0 Å². The molecule has 3 nitrogen and oxygen atoms in total. The maximum Gasteiger partial charge on any atom is 0.178 e. The van der Waals surface area contributed by atoms with E-state index in [0.29, 0.717) is 11.6 Å². The van der Waals surface area contributed by atoms with E-state index in [2.05, 4.69) is 34.1 Å². The van der Waals surface area contributed by atoms with E-state index in [4.69, 9.17) is 10.3 Å². The Labute approximate surface area is 131 Å². The molecule has 0 unspecified atom stereocenters. The maximum absolute atomic E-state index is 6.05. The number of nitrogens with two attached hydrogens (primary N) is 1. The lowest BCUT2D eigenvalue weighted by Gasteiger charge is -2.08. The highest BCUT2D eigenvalue weighted by Gasteiger charge is 2.20. The van der Waals surface area contributed by atoms with Gasteiger partial charge in [0.2, 0.25) is 0 Å².